The number of halogens is 3. The summed E-state index contributed by atoms with van der Waals surface area (Å²) in [6.07, 6.45) is -3.04. The summed E-state index contributed by atoms with van der Waals surface area (Å²) in [6, 6.07) is 4.50. The third-order valence-corrected chi connectivity index (χ3v) is 3.14. The van der Waals surface area contributed by atoms with Crippen LogP contribution in [0.4, 0.5) is 24.7 Å². The number of rotatable bonds is 4. The Balaban J connectivity index is 1.89. The van der Waals surface area contributed by atoms with Gasteiger partial charge in [-0.25, -0.2) is 20.4 Å². The second-order valence-electron chi connectivity index (χ2n) is 4.80. The number of hydrogen-bond donors (Lipinski definition) is 3. The largest absolute Gasteiger partial charge is 0.416 e. The number of alkyl halides is 3. The third-order valence-electron chi connectivity index (χ3n) is 3.14. The third kappa shape index (κ3) is 3.44. The minimum atomic E-state index is -4.40. The Hall–Kier alpha value is -2.72. The first-order chi connectivity index (χ1) is 11.5. The van der Waals surface area contributed by atoms with E-state index in [9.17, 15) is 18.3 Å². The molecule has 1 aliphatic heterocycles. The molecule has 2 aromatic rings. The van der Waals surface area contributed by atoms with Crippen molar-refractivity contribution in [1.29, 1.82) is 0 Å². The van der Waals surface area contributed by atoms with E-state index >= 15 is 0 Å². The fourth-order valence-corrected chi connectivity index (χ4v) is 1.99. The maximum atomic E-state index is 12.6. The van der Waals surface area contributed by atoms with Crippen LogP contribution in [0.15, 0.2) is 35.5 Å². The highest BCUT2D eigenvalue weighted by Gasteiger charge is 2.30. The van der Waals surface area contributed by atoms with E-state index in [4.69, 9.17) is 4.84 Å². The zero-order valence-electron chi connectivity index (χ0n) is 12.1. The molecule has 0 saturated heterocycles. The Labute approximate surface area is 134 Å². The normalized spacial score (nSPS) is 14.2. The lowest BCUT2D eigenvalue weighted by atomic mass is 10.2. The molecule has 1 aromatic heterocycles. The number of anilines is 2. The van der Waals surface area contributed by atoms with Crippen LogP contribution in [0.3, 0.4) is 0 Å². The summed E-state index contributed by atoms with van der Waals surface area (Å²) >= 11 is 0. The van der Waals surface area contributed by atoms with Crippen LogP contribution in [-0.4, -0.2) is 27.6 Å². The predicted octanol–water partition coefficient (Wildman–Crippen LogP) is 1.97. The molecule has 10 heteroatoms. The monoisotopic (exact) mass is 339 g/mol. The lowest BCUT2D eigenvalue weighted by molar-refractivity contribution is -0.137. The number of aromatic nitrogens is 2. The molecule has 0 atom stereocenters. The van der Waals surface area contributed by atoms with Crippen molar-refractivity contribution in [2.45, 2.75) is 12.8 Å². The van der Waals surface area contributed by atoms with Gasteiger partial charge in [0.15, 0.2) is 24.1 Å². The molecular formula is C14H12F3N5O2. The van der Waals surface area contributed by atoms with Gasteiger partial charge < -0.3 is 10.4 Å². The Bertz CT molecular complexity index is 762. The number of hydroxylamine groups is 1. The fraction of sp³-hybridized carbons (Fsp3) is 0.214. The van der Waals surface area contributed by atoms with E-state index in [1.165, 1.54) is 18.3 Å². The molecule has 0 amide bonds. The smallest absolute Gasteiger partial charge is 0.390 e. The Morgan fingerprint density at radius 3 is 2.58 bits per heavy atom. The number of amidine groups is 1. The highest BCUT2D eigenvalue weighted by atomic mass is 19.4. The van der Waals surface area contributed by atoms with E-state index in [0.717, 1.165) is 12.1 Å². The number of aliphatic hydroxyl groups is 1. The van der Waals surface area contributed by atoms with Crippen molar-refractivity contribution in [3.8, 4) is 0 Å². The molecule has 0 unspecified atom stereocenters. The molecular weight excluding hydrogens is 327 g/mol. The molecule has 0 spiro atoms. The molecule has 2 heterocycles. The number of hydrogen-bond acceptors (Lipinski definition) is 7. The second-order valence-corrected chi connectivity index (χ2v) is 4.80. The van der Waals surface area contributed by atoms with Crippen LogP contribution in [0, 0.1) is 0 Å². The average molecular weight is 339 g/mol. The molecule has 3 rings (SSSR count). The first-order valence-corrected chi connectivity index (χ1v) is 6.81. The number of nitrogens with one attached hydrogen (secondary N) is 2. The molecule has 0 fully saturated rings. The van der Waals surface area contributed by atoms with Crippen molar-refractivity contribution in [2.75, 3.05) is 12.0 Å². The molecule has 0 radical (unpaired) electrons. The van der Waals surface area contributed by atoms with Crippen molar-refractivity contribution >= 4 is 17.3 Å². The first kappa shape index (κ1) is 16.1. The summed E-state index contributed by atoms with van der Waals surface area (Å²) in [4.78, 5) is 17.3. The Morgan fingerprint density at radius 1 is 1.25 bits per heavy atom. The van der Waals surface area contributed by atoms with Crippen LogP contribution >= 0.6 is 0 Å². The van der Waals surface area contributed by atoms with Crippen LogP contribution in [0.25, 0.3) is 0 Å². The maximum Gasteiger partial charge on any atom is 0.416 e. The number of benzene rings is 1. The van der Waals surface area contributed by atoms with Crippen molar-refractivity contribution < 1.29 is 23.1 Å². The highest BCUT2D eigenvalue weighted by Crippen LogP contribution is 2.30. The van der Waals surface area contributed by atoms with Gasteiger partial charge in [-0.15, -0.1) is 0 Å². The van der Waals surface area contributed by atoms with E-state index in [0.29, 0.717) is 22.9 Å². The van der Waals surface area contributed by atoms with E-state index in [-0.39, 0.29) is 19.2 Å². The summed E-state index contributed by atoms with van der Waals surface area (Å²) in [5, 5.41) is 12.1. The average Bonchev–Trinajstić information content (AvgIpc) is 3.09. The lowest BCUT2D eigenvalue weighted by Crippen LogP contribution is -2.21. The fourth-order valence-electron chi connectivity index (χ4n) is 1.99. The molecule has 0 aliphatic carbocycles. The Morgan fingerprint density at radius 2 is 2.00 bits per heavy atom. The van der Waals surface area contributed by atoms with Gasteiger partial charge in [0.2, 0.25) is 0 Å². The molecule has 24 heavy (non-hydrogen) atoms. The lowest BCUT2D eigenvalue weighted by Gasteiger charge is -2.12. The molecule has 0 saturated carbocycles. The summed E-state index contributed by atoms with van der Waals surface area (Å²) in [5.74, 6) is 0.580. The summed E-state index contributed by atoms with van der Waals surface area (Å²) < 4.78 is 37.8. The maximum absolute atomic E-state index is 12.6. The van der Waals surface area contributed by atoms with Gasteiger partial charge >= 0.3 is 6.18 Å². The highest BCUT2D eigenvalue weighted by molar-refractivity contribution is 6.01. The summed E-state index contributed by atoms with van der Waals surface area (Å²) in [6.45, 7) is -0.214. The molecule has 3 N–H and O–H groups in total. The standard InChI is InChI=1S/C14H12F3N5O2/c15-14(16,17)8-1-3-9(4-2-8)21-12-11(13-19-7-24-22-13)20-10(6-23)5-18-12/h1-5,23H,6-7H2,(H,18,21)(H,19,22). The topological polar surface area (TPSA) is 91.7 Å². The quantitative estimate of drug-likeness (QED) is 0.789. The van der Waals surface area contributed by atoms with Gasteiger partial charge in [0.25, 0.3) is 0 Å². The zero-order chi connectivity index (χ0) is 17.2. The van der Waals surface area contributed by atoms with Gasteiger partial charge in [-0.1, -0.05) is 0 Å². The first-order valence-electron chi connectivity index (χ1n) is 6.81. The molecule has 1 aliphatic rings. The summed E-state index contributed by atoms with van der Waals surface area (Å²) in [7, 11) is 0. The molecule has 0 bridgehead atoms. The van der Waals surface area contributed by atoms with Gasteiger partial charge in [0.05, 0.1) is 24.1 Å². The van der Waals surface area contributed by atoms with E-state index in [2.05, 4.69) is 25.8 Å². The minimum absolute atomic E-state index is 0.0973. The van der Waals surface area contributed by atoms with Crippen molar-refractivity contribution in [3.63, 3.8) is 0 Å². The van der Waals surface area contributed by atoms with Crippen molar-refractivity contribution in [1.82, 2.24) is 15.4 Å². The zero-order valence-corrected chi connectivity index (χ0v) is 12.1. The molecule has 126 valence electrons. The van der Waals surface area contributed by atoms with Gasteiger partial charge in [-0.3, -0.25) is 4.84 Å². The van der Waals surface area contributed by atoms with Crippen LogP contribution < -0.4 is 10.8 Å². The van der Waals surface area contributed by atoms with Crippen molar-refractivity contribution in [3.05, 3.63) is 47.4 Å². The predicted molar refractivity (Wildman–Crippen MR) is 78.3 cm³/mol. The number of nitrogens with zero attached hydrogens (tertiary/aromatic N) is 3. The Kier molecular flexibility index (Phi) is 4.32. The molecule has 1 aromatic carbocycles. The van der Waals surface area contributed by atoms with Crippen LogP contribution in [0.5, 0.6) is 0 Å². The number of aliphatic hydroxyl groups excluding tert-OH is 1. The number of aliphatic imine (C=N–C) groups is 1. The van der Waals surface area contributed by atoms with E-state index in [1.807, 2.05) is 0 Å². The van der Waals surface area contributed by atoms with Gasteiger partial charge in [0, 0.05) is 5.69 Å². The SMILES string of the molecule is OCc1cnc(Nc2ccc(C(F)(F)F)cc2)c(C2=NCON2)n1. The van der Waals surface area contributed by atoms with Crippen LogP contribution in [0.1, 0.15) is 17.0 Å². The van der Waals surface area contributed by atoms with Crippen molar-refractivity contribution in [2.24, 2.45) is 4.99 Å². The summed E-state index contributed by atoms with van der Waals surface area (Å²) in [5.41, 5.74) is 2.82. The van der Waals surface area contributed by atoms with Crippen LogP contribution in [0.2, 0.25) is 0 Å². The van der Waals surface area contributed by atoms with E-state index < -0.39 is 11.7 Å². The molecule has 7 nitrogen and oxygen atoms in total. The van der Waals surface area contributed by atoms with Gasteiger partial charge in [0.1, 0.15) is 0 Å². The van der Waals surface area contributed by atoms with Gasteiger partial charge in [-0.2, -0.15) is 13.2 Å². The second kappa shape index (κ2) is 6.42. The van der Waals surface area contributed by atoms with E-state index in [1.54, 1.807) is 0 Å². The van der Waals surface area contributed by atoms with Crippen LogP contribution in [-0.2, 0) is 17.6 Å². The van der Waals surface area contributed by atoms with Gasteiger partial charge in [-0.05, 0) is 24.3 Å². The minimum Gasteiger partial charge on any atom is -0.390 e.